The molecule has 0 saturated heterocycles. The lowest BCUT2D eigenvalue weighted by Crippen LogP contribution is -2.29. The molecule has 0 aromatic carbocycles. The number of ether oxygens (including phenoxy) is 1. The Morgan fingerprint density at radius 1 is 1.25 bits per heavy atom. The normalized spacial score (nSPS) is 17.1. The molecule has 0 spiro atoms. The van der Waals surface area contributed by atoms with Crippen molar-refractivity contribution in [1.29, 1.82) is 0 Å². The summed E-state index contributed by atoms with van der Waals surface area (Å²) in [5, 5.41) is 14.3. The van der Waals surface area contributed by atoms with E-state index in [0.29, 0.717) is 30.7 Å². The average molecular weight is 330 g/mol. The number of pyridine rings is 1. The van der Waals surface area contributed by atoms with Gasteiger partial charge < -0.3 is 15.2 Å². The van der Waals surface area contributed by atoms with E-state index in [-0.39, 0.29) is 0 Å². The first-order valence-corrected chi connectivity index (χ1v) is 8.76. The molecule has 130 valence electrons. The maximum atomic E-state index is 10.2. The van der Waals surface area contributed by atoms with Crippen LogP contribution in [-0.4, -0.2) is 45.4 Å². The number of anilines is 1. The van der Waals surface area contributed by atoms with Crippen molar-refractivity contribution in [3.63, 3.8) is 0 Å². The Balaban J connectivity index is 1.59. The zero-order chi connectivity index (χ0) is 16.9. The van der Waals surface area contributed by atoms with Crippen molar-refractivity contribution in [2.45, 2.75) is 58.2 Å². The third kappa shape index (κ3) is 4.19. The van der Waals surface area contributed by atoms with Crippen molar-refractivity contribution in [3.8, 4) is 0 Å². The van der Waals surface area contributed by atoms with Crippen LogP contribution < -0.4 is 5.32 Å². The molecule has 1 atom stereocenters. The maximum Gasteiger partial charge on any atom is 0.165 e. The Morgan fingerprint density at radius 2 is 2.04 bits per heavy atom. The minimum Gasteiger partial charge on any atom is -0.389 e. The SMILES string of the molecule is Cc1cc(C)c2c(NC[C@@H](O)COC3CCCCC3)ncnc2n1. The van der Waals surface area contributed by atoms with Crippen molar-refractivity contribution < 1.29 is 9.84 Å². The molecule has 3 rings (SSSR count). The van der Waals surface area contributed by atoms with Crippen LogP contribution in [0.1, 0.15) is 43.4 Å². The Hall–Kier alpha value is -1.79. The smallest absolute Gasteiger partial charge is 0.165 e. The van der Waals surface area contributed by atoms with Crippen molar-refractivity contribution in [2.24, 2.45) is 0 Å². The summed E-state index contributed by atoms with van der Waals surface area (Å²) in [6, 6.07) is 2.01. The number of aliphatic hydroxyl groups is 1. The number of fused-ring (bicyclic) bond motifs is 1. The highest BCUT2D eigenvalue weighted by Gasteiger charge is 2.16. The van der Waals surface area contributed by atoms with E-state index in [1.165, 1.54) is 25.6 Å². The summed E-state index contributed by atoms with van der Waals surface area (Å²) in [4.78, 5) is 13.0. The lowest BCUT2D eigenvalue weighted by atomic mass is 9.98. The summed E-state index contributed by atoms with van der Waals surface area (Å²) in [5.41, 5.74) is 2.69. The third-order valence-corrected chi connectivity index (χ3v) is 4.51. The molecule has 24 heavy (non-hydrogen) atoms. The minimum absolute atomic E-state index is 0.308. The summed E-state index contributed by atoms with van der Waals surface area (Å²) in [5.74, 6) is 0.710. The van der Waals surface area contributed by atoms with Crippen LogP contribution in [0.25, 0.3) is 11.0 Å². The van der Waals surface area contributed by atoms with Crippen LogP contribution in [0.5, 0.6) is 0 Å². The summed E-state index contributed by atoms with van der Waals surface area (Å²) < 4.78 is 5.82. The van der Waals surface area contributed by atoms with Gasteiger partial charge >= 0.3 is 0 Å². The fourth-order valence-electron chi connectivity index (χ4n) is 3.30. The summed E-state index contributed by atoms with van der Waals surface area (Å²) >= 11 is 0. The molecule has 0 aliphatic heterocycles. The largest absolute Gasteiger partial charge is 0.389 e. The monoisotopic (exact) mass is 330 g/mol. The van der Waals surface area contributed by atoms with Gasteiger partial charge in [0.2, 0.25) is 0 Å². The molecule has 1 aliphatic rings. The van der Waals surface area contributed by atoms with Crippen LogP contribution >= 0.6 is 0 Å². The van der Waals surface area contributed by atoms with Crippen molar-refractivity contribution in [2.75, 3.05) is 18.5 Å². The van der Waals surface area contributed by atoms with E-state index in [2.05, 4.69) is 20.3 Å². The van der Waals surface area contributed by atoms with E-state index in [0.717, 1.165) is 29.5 Å². The lowest BCUT2D eigenvalue weighted by Gasteiger charge is -2.23. The van der Waals surface area contributed by atoms with Gasteiger partial charge in [0.1, 0.15) is 12.1 Å². The molecule has 0 bridgehead atoms. The molecule has 0 unspecified atom stereocenters. The number of aryl methyl sites for hydroxylation is 2. The second kappa shape index (κ2) is 7.85. The highest BCUT2D eigenvalue weighted by Crippen LogP contribution is 2.23. The zero-order valence-corrected chi connectivity index (χ0v) is 14.5. The average Bonchev–Trinajstić information content (AvgIpc) is 2.58. The fraction of sp³-hybridized carbons (Fsp3) is 0.611. The van der Waals surface area contributed by atoms with Gasteiger partial charge in [-0.3, -0.25) is 0 Å². The molecule has 2 aromatic rings. The predicted octanol–water partition coefficient (Wildman–Crippen LogP) is 2.76. The maximum absolute atomic E-state index is 10.2. The van der Waals surface area contributed by atoms with Crippen LogP contribution in [0.15, 0.2) is 12.4 Å². The van der Waals surface area contributed by atoms with Gasteiger partial charge in [-0.2, -0.15) is 0 Å². The van der Waals surface area contributed by atoms with E-state index >= 15 is 0 Å². The second-order valence-electron chi connectivity index (χ2n) is 6.63. The standard InChI is InChI=1S/C18H26N4O2/c1-12-8-13(2)22-18-16(12)17(20-11-21-18)19-9-14(23)10-24-15-6-4-3-5-7-15/h8,11,14-15,23H,3-7,9-10H2,1-2H3,(H,19,20,21,22)/t14-/m1/s1. The molecule has 1 aliphatic carbocycles. The molecule has 2 heterocycles. The summed E-state index contributed by atoms with van der Waals surface area (Å²) in [6.45, 7) is 4.73. The molecule has 1 saturated carbocycles. The molecule has 0 amide bonds. The van der Waals surface area contributed by atoms with Gasteiger partial charge in [-0.15, -0.1) is 0 Å². The van der Waals surface area contributed by atoms with E-state index < -0.39 is 6.10 Å². The minimum atomic E-state index is -0.560. The molecule has 6 nitrogen and oxygen atoms in total. The number of nitrogens with one attached hydrogen (secondary N) is 1. The molecular weight excluding hydrogens is 304 g/mol. The van der Waals surface area contributed by atoms with Crippen LogP contribution in [0.3, 0.4) is 0 Å². The highest BCUT2D eigenvalue weighted by molar-refractivity contribution is 5.89. The van der Waals surface area contributed by atoms with E-state index in [9.17, 15) is 5.11 Å². The van der Waals surface area contributed by atoms with E-state index in [1.54, 1.807) is 0 Å². The van der Waals surface area contributed by atoms with E-state index in [4.69, 9.17) is 4.74 Å². The van der Waals surface area contributed by atoms with Crippen LogP contribution in [0, 0.1) is 13.8 Å². The number of hydrogen-bond donors (Lipinski definition) is 2. The van der Waals surface area contributed by atoms with Gasteiger partial charge in [-0.25, -0.2) is 15.0 Å². The Kier molecular flexibility index (Phi) is 5.58. The first-order chi connectivity index (χ1) is 11.6. The number of nitrogens with zero attached hydrogens (tertiary/aromatic N) is 3. The first-order valence-electron chi connectivity index (χ1n) is 8.76. The topological polar surface area (TPSA) is 80.2 Å². The summed E-state index contributed by atoms with van der Waals surface area (Å²) in [7, 11) is 0. The number of aromatic nitrogens is 3. The van der Waals surface area contributed by atoms with Gasteiger partial charge in [0.25, 0.3) is 0 Å². The second-order valence-corrected chi connectivity index (χ2v) is 6.63. The fourth-order valence-corrected chi connectivity index (χ4v) is 3.30. The first kappa shape index (κ1) is 17.0. The van der Waals surface area contributed by atoms with Gasteiger partial charge in [-0.1, -0.05) is 19.3 Å². The van der Waals surface area contributed by atoms with Crippen LogP contribution in [0.4, 0.5) is 5.82 Å². The van der Waals surface area contributed by atoms with E-state index in [1.807, 2.05) is 19.9 Å². The third-order valence-electron chi connectivity index (χ3n) is 4.51. The van der Waals surface area contributed by atoms with Gasteiger partial charge in [-0.05, 0) is 38.3 Å². The van der Waals surface area contributed by atoms with Crippen molar-refractivity contribution in [1.82, 2.24) is 15.0 Å². The molecule has 1 fully saturated rings. The van der Waals surface area contributed by atoms with Gasteiger partial charge in [0.15, 0.2) is 5.65 Å². The molecule has 0 radical (unpaired) electrons. The lowest BCUT2D eigenvalue weighted by molar-refractivity contribution is -0.0195. The molecule has 2 aromatic heterocycles. The van der Waals surface area contributed by atoms with Crippen molar-refractivity contribution >= 4 is 16.9 Å². The molecular formula is C18H26N4O2. The Labute approximate surface area is 142 Å². The Morgan fingerprint density at radius 3 is 2.83 bits per heavy atom. The van der Waals surface area contributed by atoms with Crippen LogP contribution in [0.2, 0.25) is 0 Å². The molecule has 6 heteroatoms. The predicted molar refractivity (Wildman–Crippen MR) is 94.1 cm³/mol. The van der Waals surface area contributed by atoms with Gasteiger partial charge in [0.05, 0.1) is 24.2 Å². The Bertz CT molecular complexity index is 686. The highest BCUT2D eigenvalue weighted by atomic mass is 16.5. The number of rotatable bonds is 6. The zero-order valence-electron chi connectivity index (χ0n) is 14.5. The van der Waals surface area contributed by atoms with Crippen LogP contribution in [-0.2, 0) is 4.74 Å². The number of aliphatic hydroxyl groups excluding tert-OH is 1. The van der Waals surface area contributed by atoms with Gasteiger partial charge in [0, 0.05) is 12.2 Å². The molecule has 2 N–H and O–H groups in total. The number of hydrogen-bond acceptors (Lipinski definition) is 6. The van der Waals surface area contributed by atoms with Crippen molar-refractivity contribution in [3.05, 3.63) is 23.7 Å². The summed E-state index contributed by atoms with van der Waals surface area (Å²) in [6.07, 6.45) is 7.24. The quantitative estimate of drug-likeness (QED) is 0.848.